The predicted molar refractivity (Wildman–Crippen MR) is 35.2 cm³/mol. The molecule has 0 aliphatic carbocycles. The van der Waals surface area contributed by atoms with Crippen LogP contribution in [0.5, 0.6) is 0 Å². The van der Waals surface area contributed by atoms with E-state index in [1.807, 2.05) is 0 Å². The van der Waals surface area contributed by atoms with Crippen molar-refractivity contribution in [1.82, 2.24) is 0 Å². The van der Waals surface area contributed by atoms with Gasteiger partial charge in [-0.3, -0.25) is 4.79 Å². The molecule has 11 heavy (non-hydrogen) atoms. The van der Waals surface area contributed by atoms with Crippen molar-refractivity contribution in [1.29, 1.82) is 0 Å². The summed E-state index contributed by atoms with van der Waals surface area (Å²) in [6.45, 7) is 0. The highest BCUT2D eigenvalue weighted by atomic mass is 35.5. The van der Waals surface area contributed by atoms with Gasteiger partial charge in [0.05, 0.1) is 5.57 Å². The first-order valence-electron chi connectivity index (χ1n) is 2.65. The summed E-state index contributed by atoms with van der Waals surface area (Å²) in [4.78, 5) is 20.5. The molecule has 1 N–H and O–H groups in total. The van der Waals surface area contributed by atoms with Gasteiger partial charge in [-0.1, -0.05) is 11.6 Å². The van der Waals surface area contributed by atoms with Crippen molar-refractivity contribution in [2.75, 3.05) is 0 Å². The van der Waals surface area contributed by atoms with Crippen molar-refractivity contribution in [3.63, 3.8) is 0 Å². The highest BCUT2D eigenvalue weighted by molar-refractivity contribution is 6.31. The summed E-state index contributed by atoms with van der Waals surface area (Å²) in [6.07, 6.45) is 0.348. The molecule has 1 atom stereocenters. The number of nitrogens with zero attached hydrogens (tertiary/aromatic N) is 2. The van der Waals surface area contributed by atoms with E-state index >= 15 is 0 Å². The molecule has 0 radical (unpaired) electrons. The Morgan fingerprint density at radius 1 is 1.73 bits per heavy atom. The van der Waals surface area contributed by atoms with Crippen LogP contribution >= 0.6 is 11.6 Å². The Morgan fingerprint density at radius 2 is 2.36 bits per heavy atom. The van der Waals surface area contributed by atoms with E-state index in [0.717, 1.165) is 0 Å². The lowest BCUT2D eigenvalue weighted by molar-refractivity contribution is -0.137. The largest absolute Gasteiger partial charge is 0.479 e. The van der Waals surface area contributed by atoms with Gasteiger partial charge < -0.3 is 5.11 Å². The number of aldehydes is 1. The number of carbonyl (C=O) groups excluding carboxylic acids is 1. The van der Waals surface area contributed by atoms with Crippen LogP contribution in [0.2, 0.25) is 0 Å². The fraction of sp³-hybridized carbons (Fsp3) is 0.200. The van der Waals surface area contributed by atoms with Crippen LogP contribution < -0.4 is 0 Å². The third kappa shape index (κ3) is 1.27. The lowest BCUT2D eigenvalue weighted by Gasteiger charge is -1.96. The molecule has 0 saturated heterocycles. The van der Waals surface area contributed by atoms with Gasteiger partial charge in [-0.25, -0.2) is 4.79 Å². The molecular formula is C5H3ClN2O3. The molecule has 0 fully saturated rings. The number of halogens is 1. The summed E-state index contributed by atoms with van der Waals surface area (Å²) in [6, 6.07) is -1.22. The number of azo groups is 1. The minimum absolute atomic E-state index is 0.0980. The average molecular weight is 175 g/mol. The quantitative estimate of drug-likeness (QED) is 0.491. The van der Waals surface area contributed by atoms with Crippen LogP contribution in [-0.2, 0) is 9.59 Å². The Kier molecular flexibility index (Phi) is 2.00. The summed E-state index contributed by atoms with van der Waals surface area (Å²) >= 11 is 5.34. The first kappa shape index (κ1) is 7.87. The van der Waals surface area contributed by atoms with Gasteiger partial charge in [0.15, 0.2) is 17.5 Å². The summed E-state index contributed by atoms with van der Waals surface area (Å²) in [5.41, 5.74) is -0.0980. The number of carboxylic acids is 1. The molecule has 0 aromatic carbocycles. The Labute approximate surface area is 66.4 Å². The maximum Gasteiger partial charge on any atom is 0.335 e. The molecule has 1 aliphatic heterocycles. The topological polar surface area (TPSA) is 79.1 Å². The number of carboxylic acid groups (broad SMARTS) is 1. The first-order chi connectivity index (χ1) is 5.16. The Balaban J connectivity index is 2.97. The van der Waals surface area contributed by atoms with Crippen LogP contribution in [0.15, 0.2) is 21.0 Å². The zero-order valence-electron chi connectivity index (χ0n) is 5.19. The number of carbonyl (C=O) groups is 2. The van der Waals surface area contributed by atoms with E-state index in [1.165, 1.54) is 0 Å². The van der Waals surface area contributed by atoms with Gasteiger partial charge in [0.25, 0.3) is 0 Å². The standard InChI is InChI=1S/C5H3ClN2O3/c6-4-2(1-9)3(5(10)11)7-8-4/h1,3H,(H,10,11)/t3-/m0/s1. The minimum Gasteiger partial charge on any atom is -0.479 e. The van der Waals surface area contributed by atoms with Crippen LogP contribution in [0.3, 0.4) is 0 Å². The Hall–Kier alpha value is -1.23. The van der Waals surface area contributed by atoms with E-state index in [9.17, 15) is 9.59 Å². The second kappa shape index (κ2) is 2.79. The molecule has 0 bridgehead atoms. The highest BCUT2D eigenvalue weighted by Crippen LogP contribution is 2.23. The number of hydrogen-bond donors (Lipinski definition) is 1. The fourth-order valence-electron chi connectivity index (χ4n) is 0.637. The van der Waals surface area contributed by atoms with E-state index in [2.05, 4.69) is 10.2 Å². The van der Waals surface area contributed by atoms with Crippen molar-refractivity contribution >= 4 is 23.9 Å². The molecule has 1 rings (SSSR count). The highest BCUT2D eigenvalue weighted by Gasteiger charge is 2.28. The van der Waals surface area contributed by atoms with Crippen molar-refractivity contribution in [3.05, 3.63) is 10.7 Å². The first-order valence-corrected chi connectivity index (χ1v) is 3.03. The van der Waals surface area contributed by atoms with Crippen molar-refractivity contribution in [2.45, 2.75) is 6.04 Å². The summed E-state index contributed by atoms with van der Waals surface area (Å²) in [7, 11) is 0. The zero-order chi connectivity index (χ0) is 8.43. The Bertz CT molecular complexity index is 271. The van der Waals surface area contributed by atoms with E-state index in [1.54, 1.807) is 0 Å². The van der Waals surface area contributed by atoms with Gasteiger partial charge in [-0.15, -0.1) is 5.11 Å². The zero-order valence-corrected chi connectivity index (χ0v) is 5.95. The smallest absolute Gasteiger partial charge is 0.335 e. The molecule has 0 aromatic rings. The molecule has 0 spiro atoms. The molecular weight excluding hydrogens is 172 g/mol. The molecule has 0 saturated carbocycles. The van der Waals surface area contributed by atoms with Gasteiger partial charge in [-0.05, 0) is 0 Å². The van der Waals surface area contributed by atoms with Crippen LogP contribution in [0.25, 0.3) is 0 Å². The molecule has 0 unspecified atom stereocenters. The predicted octanol–water partition coefficient (Wildman–Crippen LogP) is 0.555. The molecule has 0 aromatic heterocycles. The second-order valence-corrected chi connectivity index (χ2v) is 2.18. The molecule has 1 heterocycles. The average Bonchev–Trinajstić information content (AvgIpc) is 2.30. The number of hydrogen-bond acceptors (Lipinski definition) is 4. The lowest BCUT2D eigenvalue weighted by Crippen LogP contribution is -2.18. The molecule has 5 nitrogen and oxygen atoms in total. The molecule has 1 aliphatic rings. The van der Waals surface area contributed by atoms with E-state index < -0.39 is 12.0 Å². The number of rotatable bonds is 2. The SMILES string of the molecule is O=CC1=C(Cl)N=N[C@@H]1C(=O)O. The van der Waals surface area contributed by atoms with Gasteiger partial charge in [0.2, 0.25) is 0 Å². The lowest BCUT2D eigenvalue weighted by atomic mass is 10.1. The monoisotopic (exact) mass is 174 g/mol. The minimum atomic E-state index is -1.23. The van der Waals surface area contributed by atoms with E-state index in [0.29, 0.717) is 6.29 Å². The summed E-state index contributed by atoms with van der Waals surface area (Å²) < 4.78 is 0. The van der Waals surface area contributed by atoms with E-state index in [-0.39, 0.29) is 10.7 Å². The number of aliphatic carboxylic acids is 1. The van der Waals surface area contributed by atoms with Gasteiger partial charge in [-0.2, -0.15) is 5.11 Å². The van der Waals surface area contributed by atoms with Crippen molar-refractivity contribution in [3.8, 4) is 0 Å². The third-order valence-electron chi connectivity index (χ3n) is 1.15. The third-order valence-corrected chi connectivity index (χ3v) is 1.45. The van der Waals surface area contributed by atoms with Crippen molar-refractivity contribution < 1.29 is 14.7 Å². The van der Waals surface area contributed by atoms with Crippen LogP contribution in [0, 0.1) is 0 Å². The van der Waals surface area contributed by atoms with Gasteiger partial charge >= 0.3 is 5.97 Å². The van der Waals surface area contributed by atoms with E-state index in [4.69, 9.17) is 16.7 Å². The molecule has 58 valence electrons. The normalized spacial score (nSPS) is 22.5. The summed E-state index contributed by atoms with van der Waals surface area (Å²) in [5, 5.41) is 14.8. The van der Waals surface area contributed by atoms with Crippen LogP contribution in [0.1, 0.15) is 0 Å². The Morgan fingerprint density at radius 3 is 2.73 bits per heavy atom. The molecule has 6 heteroatoms. The summed E-state index contributed by atoms with van der Waals surface area (Å²) in [5.74, 6) is -1.23. The molecule has 0 amide bonds. The maximum absolute atomic E-state index is 10.3. The van der Waals surface area contributed by atoms with Gasteiger partial charge in [0, 0.05) is 0 Å². The van der Waals surface area contributed by atoms with Crippen molar-refractivity contribution in [2.24, 2.45) is 10.2 Å². The van der Waals surface area contributed by atoms with Crippen LogP contribution in [0.4, 0.5) is 0 Å². The fourth-order valence-corrected chi connectivity index (χ4v) is 0.828. The second-order valence-electron chi connectivity index (χ2n) is 1.82. The maximum atomic E-state index is 10.3. The van der Waals surface area contributed by atoms with Crippen LogP contribution in [-0.4, -0.2) is 23.4 Å². The van der Waals surface area contributed by atoms with Gasteiger partial charge in [0.1, 0.15) is 0 Å².